The molecular formula is C25H23Cl2IN2O4S. The Morgan fingerprint density at radius 2 is 1.97 bits per heavy atom. The maximum atomic E-state index is 13.0. The van der Waals surface area contributed by atoms with Crippen LogP contribution >= 0.6 is 57.6 Å². The number of amidine groups is 1. The van der Waals surface area contributed by atoms with E-state index in [-0.39, 0.29) is 19.2 Å². The first kappa shape index (κ1) is 26.2. The van der Waals surface area contributed by atoms with Crippen LogP contribution in [-0.4, -0.2) is 29.3 Å². The standard InChI is InChI=1S/C25H23Cl2IN2O4S/c1-4-32-20-11-16(10-19(28)23(20)34-13-15-6-7-17(26)12-18(15)27)22-21(24(31)33-5-2)14(3)29-25-30(22)8-9-35-25/h6-12,22H,4-5,13H2,1-3H3/t22-/m1/s1. The quantitative estimate of drug-likeness (QED) is 0.221. The zero-order chi connectivity index (χ0) is 25.1. The van der Waals surface area contributed by atoms with E-state index in [1.807, 2.05) is 48.6 Å². The molecule has 0 spiro atoms. The van der Waals surface area contributed by atoms with Crippen LogP contribution in [0.4, 0.5) is 0 Å². The van der Waals surface area contributed by atoms with Crippen molar-refractivity contribution in [2.75, 3.05) is 13.2 Å². The number of halogens is 3. The van der Waals surface area contributed by atoms with E-state index in [4.69, 9.17) is 37.4 Å². The van der Waals surface area contributed by atoms with Crippen molar-refractivity contribution in [3.8, 4) is 11.5 Å². The largest absolute Gasteiger partial charge is 0.490 e. The Labute approximate surface area is 232 Å². The van der Waals surface area contributed by atoms with Crippen molar-refractivity contribution in [1.82, 2.24) is 4.90 Å². The molecule has 0 saturated heterocycles. The molecule has 0 N–H and O–H groups in total. The molecule has 0 saturated carbocycles. The lowest BCUT2D eigenvalue weighted by Gasteiger charge is -2.33. The van der Waals surface area contributed by atoms with Crippen molar-refractivity contribution in [1.29, 1.82) is 0 Å². The van der Waals surface area contributed by atoms with E-state index in [0.717, 1.165) is 19.9 Å². The first-order valence-electron chi connectivity index (χ1n) is 10.9. The number of carbonyl (C=O) groups excluding carboxylic acids is 1. The third-order valence-electron chi connectivity index (χ3n) is 5.35. The molecule has 0 amide bonds. The van der Waals surface area contributed by atoms with Crippen LogP contribution in [0.15, 0.2) is 58.2 Å². The number of carbonyl (C=O) groups is 1. The minimum atomic E-state index is -0.403. The number of nitrogens with zero attached hydrogens (tertiary/aromatic N) is 2. The SMILES string of the molecule is CCOC(=O)C1=C(C)N=C2SC=CN2[C@@H]1c1cc(I)c(OCc2ccc(Cl)cc2Cl)c(OCC)c1. The fraction of sp³-hybridized carbons (Fsp3) is 0.280. The van der Waals surface area contributed by atoms with Crippen LogP contribution in [0.25, 0.3) is 0 Å². The Morgan fingerprint density at radius 1 is 1.17 bits per heavy atom. The van der Waals surface area contributed by atoms with Gasteiger partial charge in [-0.1, -0.05) is 41.0 Å². The van der Waals surface area contributed by atoms with Gasteiger partial charge < -0.3 is 19.1 Å². The number of rotatable bonds is 8. The van der Waals surface area contributed by atoms with Crippen molar-refractivity contribution in [3.63, 3.8) is 0 Å². The number of esters is 1. The van der Waals surface area contributed by atoms with Gasteiger partial charge in [0.05, 0.1) is 34.1 Å². The highest BCUT2D eigenvalue weighted by Crippen LogP contribution is 2.45. The lowest BCUT2D eigenvalue weighted by atomic mass is 9.94. The van der Waals surface area contributed by atoms with Crippen molar-refractivity contribution in [2.24, 2.45) is 4.99 Å². The number of allylic oxidation sites excluding steroid dienone is 1. The Morgan fingerprint density at radius 3 is 2.69 bits per heavy atom. The highest BCUT2D eigenvalue weighted by Gasteiger charge is 2.38. The molecule has 2 aromatic carbocycles. The van der Waals surface area contributed by atoms with E-state index < -0.39 is 6.04 Å². The molecule has 2 aliphatic heterocycles. The molecule has 10 heteroatoms. The van der Waals surface area contributed by atoms with Gasteiger partial charge in [0.25, 0.3) is 0 Å². The summed E-state index contributed by atoms with van der Waals surface area (Å²) in [6.07, 6.45) is 1.93. The van der Waals surface area contributed by atoms with E-state index in [2.05, 4.69) is 27.6 Å². The second-order valence-corrected chi connectivity index (χ2v) is 10.5. The Balaban J connectivity index is 1.73. The summed E-state index contributed by atoms with van der Waals surface area (Å²) in [7, 11) is 0. The van der Waals surface area contributed by atoms with Crippen LogP contribution < -0.4 is 9.47 Å². The summed E-state index contributed by atoms with van der Waals surface area (Å²) in [5.41, 5.74) is 2.83. The summed E-state index contributed by atoms with van der Waals surface area (Å²) < 4.78 is 18.4. The highest BCUT2D eigenvalue weighted by molar-refractivity contribution is 14.1. The molecule has 1 atom stereocenters. The molecule has 35 heavy (non-hydrogen) atoms. The molecule has 2 heterocycles. The van der Waals surface area contributed by atoms with Gasteiger partial charge in [-0.25, -0.2) is 9.79 Å². The average molecular weight is 645 g/mol. The zero-order valence-corrected chi connectivity index (χ0v) is 23.8. The topological polar surface area (TPSA) is 60.4 Å². The Hall–Kier alpha value is -1.88. The van der Waals surface area contributed by atoms with E-state index in [0.29, 0.717) is 39.4 Å². The molecule has 0 bridgehead atoms. The molecule has 0 aromatic heterocycles. The molecule has 2 aliphatic rings. The third kappa shape index (κ3) is 5.60. The first-order chi connectivity index (χ1) is 16.8. The molecular weight excluding hydrogens is 622 g/mol. The second-order valence-electron chi connectivity index (χ2n) is 7.61. The maximum Gasteiger partial charge on any atom is 0.338 e. The van der Waals surface area contributed by atoms with Crippen LogP contribution in [0.1, 0.15) is 37.9 Å². The maximum absolute atomic E-state index is 13.0. The molecule has 0 aliphatic carbocycles. The summed E-state index contributed by atoms with van der Waals surface area (Å²) in [5, 5.41) is 3.87. The number of thioether (sulfide) groups is 1. The van der Waals surface area contributed by atoms with Gasteiger partial charge in [-0.2, -0.15) is 0 Å². The van der Waals surface area contributed by atoms with Crippen molar-refractivity contribution in [2.45, 2.75) is 33.4 Å². The van der Waals surface area contributed by atoms with Crippen molar-refractivity contribution < 1.29 is 19.0 Å². The van der Waals surface area contributed by atoms with Gasteiger partial charge in [0.1, 0.15) is 6.61 Å². The zero-order valence-electron chi connectivity index (χ0n) is 19.3. The normalized spacial score (nSPS) is 16.8. The molecule has 4 rings (SSSR count). The second kappa shape index (κ2) is 11.5. The molecule has 2 aromatic rings. The average Bonchev–Trinajstić information content (AvgIpc) is 3.27. The van der Waals surface area contributed by atoms with Crippen LogP contribution in [0.2, 0.25) is 10.0 Å². The summed E-state index contributed by atoms with van der Waals surface area (Å²) in [6.45, 7) is 6.54. The summed E-state index contributed by atoms with van der Waals surface area (Å²) in [4.78, 5) is 19.6. The van der Waals surface area contributed by atoms with Gasteiger partial charge >= 0.3 is 5.97 Å². The molecule has 0 fully saturated rings. The Kier molecular flexibility index (Phi) is 8.57. The first-order valence-corrected chi connectivity index (χ1v) is 13.7. The van der Waals surface area contributed by atoms with Gasteiger partial charge in [0, 0.05) is 21.8 Å². The molecule has 0 radical (unpaired) electrons. The molecule has 0 unspecified atom stereocenters. The molecule has 6 nitrogen and oxygen atoms in total. The van der Waals surface area contributed by atoms with Gasteiger partial charge in [0.15, 0.2) is 16.7 Å². The summed E-state index contributed by atoms with van der Waals surface area (Å²) in [6, 6.07) is 8.82. The van der Waals surface area contributed by atoms with Crippen LogP contribution in [0.5, 0.6) is 11.5 Å². The fourth-order valence-electron chi connectivity index (χ4n) is 3.84. The predicted octanol–water partition coefficient (Wildman–Crippen LogP) is 7.34. The fourth-order valence-corrected chi connectivity index (χ4v) is 5.87. The number of benzene rings is 2. The number of fused-ring (bicyclic) bond motifs is 1. The number of aliphatic imine (C=N–C) groups is 1. The number of hydrogen-bond donors (Lipinski definition) is 0. The van der Waals surface area contributed by atoms with Crippen LogP contribution in [0.3, 0.4) is 0 Å². The van der Waals surface area contributed by atoms with Crippen LogP contribution in [-0.2, 0) is 16.1 Å². The minimum absolute atomic E-state index is 0.254. The van der Waals surface area contributed by atoms with Crippen molar-refractivity contribution in [3.05, 3.63) is 78.0 Å². The lowest BCUT2D eigenvalue weighted by molar-refractivity contribution is -0.139. The third-order valence-corrected chi connectivity index (χ3v) is 7.51. The Bertz CT molecular complexity index is 1250. The van der Waals surface area contributed by atoms with E-state index in [9.17, 15) is 4.79 Å². The summed E-state index contributed by atoms with van der Waals surface area (Å²) in [5.74, 6) is 0.811. The summed E-state index contributed by atoms with van der Waals surface area (Å²) >= 11 is 16.1. The predicted molar refractivity (Wildman–Crippen MR) is 149 cm³/mol. The van der Waals surface area contributed by atoms with Gasteiger partial charge in [-0.15, -0.1) is 0 Å². The van der Waals surface area contributed by atoms with E-state index in [1.54, 1.807) is 19.1 Å². The smallest absolute Gasteiger partial charge is 0.338 e. The van der Waals surface area contributed by atoms with Gasteiger partial charge in [-0.05, 0) is 78.6 Å². The molecule has 184 valence electrons. The number of ether oxygens (including phenoxy) is 3. The van der Waals surface area contributed by atoms with Gasteiger partial charge in [-0.3, -0.25) is 0 Å². The van der Waals surface area contributed by atoms with Crippen molar-refractivity contribution >= 4 is 68.7 Å². The highest BCUT2D eigenvalue weighted by atomic mass is 127. The lowest BCUT2D eigenvalue weighted by Crippen LogP contribution is -2.34. The number of hydrogen-bond acceptors (Lipinski definition) is 7. The van der Waals surface area contributed by atoms with E-state index >= 15 is 0 Å². The van der Waals surface area contributed by atoms with Crippen LogP contribution in [0, 0.1) is 3.57 Å². The van der Waals surface area contributed by atoms with E-state index in [1.165, 1.54) is 11.8 Å². The minimum Gasteiger partial charge on any atom is -0.490 e. The van der Waals surface area contributed by atoms with Gasteiger partial charge in [0.2, 0.25) is 0 Å². The monoisotopic (exact) mass is 644 g/mol.